The van der Waals surface area contributed by atoms with Crippen LogP contribution in [0.5, 0.6) is 0 Å². The molecule has 0 aliphatic heterocycles. The second-order valence-corrected chi connectivity index (χ2v) is 9.35. The van der Waals surface area contributed by atoms with Crippen LogP contribution in [0.25, 0.3) is 0 Å². The molecule has 0 amide bonds. The summed E-state index contributed by atoms with van der Waals surface area (Å²) in [5, 5.41) is 9.01. The van der Waals surface area contributed by atoms with Gasteiger partial charge in [0.05, 0.1) is 0 Å². The topological polar surface area (TPSA) is 46.5 Å². The minimum absolute atomic E-state index is 0.146. The molecule has 4 aliphatic rings. The summed E-state index contributed by atoms with van der Waals surface area (Å²) in [6.07, 6.45) is 12.7. The number of hydrogen-bond donors (Lipinski definition) is 1. The van der Waals surface area contributed by atoms with Crippen molar-refractivity contribution in [3.63, 3.8) is 0 Å². The van der Waals surface area contributed by atoms with Crippen LogP contribution < -0.4 is 0 Å². The lowest BCUT2D eigenvalue weighted by Gasteiger charge is -2.57. The summed E-state index contributed by atoms with van der Waals surface area (Å²) >= 11 is 0. The monoisotopic (exact) mass is 344 g/mol. The van der Waals surface area contributed by atoms with E-state index in [2.05, 4.69) is 19.9 Å². The minimum atomic E-state index is -1.17. The summed E-state index contributed by atoms with van der Waals surface area (Å²) in [6.45, 7) is 6.79. The van der Waals surface area contributed by atoms with Crippen LogP contribution in [0, 0.1) is 28.6 Å². The predicted molar refractivity (Wildman–Crippen MR) is 98.1 cm³/mol. The van der Waals surface area contributed by atoms with E-state index < -0.39 is 6.16 Å². The highest BCUT2D eigenvalue weighted by Crippen LogP contribution is 2.66. The first kappa shape index (κ1) is 17.2. The fourth-order valence-electron chi connectivity index (χ4n) is 7.34. The van der Waals surface area contributed by atoms with Gasteiger partial charge in [-0.3, -0.25) is 0 Å². The zero-order valence-electron chi connectivity index (χ0n) is 15.9. The van der Waals surface area contributed by atoms with Crippen LogP contribution in [0.2, 0.25) is 0 Å². The molecule has 5 atom stereocenters. The maximum Gasteiger partial charge on any atom is 0.511 e. The van der Waals surface area contributed by atoms with Crippen molar-refractivity contribution < 1.29 is 14.6 Å². The fraction of sp³-hybridized carbons (Fsp3) is 0.773. The number of allylic oxidation sites excluding steroid dienone is 4. The van der Waals surface area contributed by atoms with Crippen molar-refractivity contribution in [3.05, 3.63) is 23.0 Å². The Balaban J connectivity index is 1.65. The third-order valence-corrected chi connectivity index (χ3v) is 8.48. The lowest BCUT2D eigenvalue weighted by molar-refractivity contribution is -0.0264. The molecule has 0 aromatic heterocycles. The molecular formula is C22H32O3. The molecule has 3 heteroatoms. The molecule has 25 heavy (non-hydrogen) atoms. The fourth-order valence-corrected chi connectivity index (χ4v) is 7.34. The molecule has 0 saturated heterocycles. The smallest absolute Gasteiger partial charge is 0.449 e. The molecule has 3 nitrogen and oxygen atoms in total. The number of ether oxygens (including phenoxy) is 1. The maximum atomic E-state index is 11.0. The Morgan fingerprint density at radius 2 is 1.88 bits per heavy atom. The van der Waals surface area contributed by atoms with Gasteiger partial charge < -0.3 is 9.84 Å². The first-order chi connectivity index (χ1) is 11.9. The first-order valence-corrected chi connectivity index (χ1v) is 10.2. The number of rotatable bonds is 1. The van der Waals surface area contributed by atoms with E-state index in [1.54, 1.807) is 5.57 Å². The second kappa shape index (κ2) is 5.89. The van der Waals surface area contributed by atoms with Crippen molar-refractivity contribution >= 4 is 6.16 Å². The largest absolute Gasteiger partial charge is 0.511 e. The summed E-state index contributed by atoms with van der Waals surface area (Å²) in [6, 6.07) is 0. The van der Waals surface area contributed by atoms with Crippen molar-refractivity contribution in [1.82, 2.24) is 0 Å². The van der Waals surface area contributed by atoms with Crippen LogP contribution >= 0.6 is 0 Å². The molecule has 138 valence electrons. The number of fused-ring (bicyclic) bond motifs is 5. The summed E-state index contributed by atoms with van der Waals surface area (Å²) < 4.78 is 5.08. The van der Waals surface area contributed by atoms with Crippen LogP contribution in [-0.4, -0.2) is 11.3 Å². The zero-order chi connectivity index (χ0) is 17.8. The third kappa shape index (κ3) is 2.49. The molecular weight excluding hydrogens is 312 g/mol. The molecule has 4 rings (SSSR count). The lowest BCUT2D eigenvalue weighted by atomic mass is 9.47. The minimum Gasteiger partial charge on any atom is -0.449 e. The second-order valence-electron chi connectivity index (χ2n) is 9.35. The van der Waals surface area contributed by atoms with Gasteiger partial charge in [-0.1, -0.05) is 25.5 Å². The molecule has 0 aromatic carbocycles. The highest BCUT2D eigenvalue weighted by molar-refractivity contribution is 5.58. The van der Waals surface area contributed by atoms with E-state index in [0.29, 0.717) is 17.1 Å². The van der Waals surface area contributed by atoms with Crippen molar-refractivity contribution in [2.45, 2.75) is 78.6 Å². The van der Waals surface area contributed by atoms with Gasteiger partial charge >= 0.3 is 6.16 Å². The van der Waals surface area contributed by atoms with Crippen LogP contribution in [-0.2, 0) is 4.74 Å². The van der Waals surface area contributed by atoms with Gasteiger partial charge in [0.2, 0.25) is 0 Å². The number of hydrogen-bond acceptors (Lipinski definition) is 2. The van der Waals surface area contributed by atoms with Gasteiger partial charge in [-0.25, -0.2) is 4.79 Å². The van der Waals surface area contributed by atoms with E-state index in [0.717, 1.165) is 18.3 Å². The molecule has 1 N–H and O–H groups in total. The lowest BCUT2D eigenvalue weighted by Crippen LogP contribution is -2.49. The quantitative estimate of drug-likeness (QED) is 0.344. The van der Waals surface area contributed by atoms with E-state index in [1.807, 2.05) is 6.92 Å². The van der Waals surface area contributed by atoms with Gasteiger partial charge in [0, 0.05) is 0 Å². The van der Waals surface area contributed by atoms with Gasteiger partial charge in [0.15, 0.2) is 0 Å². The van der Waals surface area contributed by atoms with Crippen molar-refractivity contribution in [3.8, 4) is 0 Å². The Kier molecular flexibility index (Phi) is 4.05. The summed E-state index contributed by atoms with van der Waals surface area (Å²) in [7, 11) is 0. The summed E-state index contributed by atoms with van der Waals surface area (Å²) in [5.41, 5.74) is 3.62. The summed E-state index contributed by atoms with van der Waals surface area (Å²) in [5.74, 6) is 2.98. The zero-order valence-corrected chi connectivity index (χ0v) is 15.9. The Bertz CT molecular complexity index is 646. The van der Waals surface area contributed by atoms with Gasteiger partial charge in [-0.15, -0.1) is 0 Å². The molecule has 0 heterocycles. The van der Waals surface area contributed by atoms with E-state index in [-0.39, 0.29) is 5.41 Å². The van der Waals surface area contributed by atoms with Crippen molar-refractivity contribution in [2.24, 2.45) is 28.6 Å². The van der Waals surface area contributed by atoms with E-state index in [4.69, 9.17) is 9.84 Å². The van der Waals surface area contributed by atoms with Crippen LogP contribution in [0.1, 0.15) is 78.6 Å². The van der Waals surface area contributed by atoms with Crippen LogP contribution in [0.15, 0.2) is 23.0 Å². The first-order valence-electron chi connectivity index (χ1n) is 10.2. The molecule has 0 spiro atoms. The number of carboxylic acid groups (broad SMARTS) is 1. The molecule has 0 radical (unpaired) electrons. The highest BCUT2D eigenvalue weighted by Gasteiger charge is 2.57. The number of carbonyl (C=O) groups is 1. The van der Waals surface area contributed by atoms with E-state index in [1.165, 1.54) is 56.9 Å². The Morgan fingerprint density at radius 3 is 2.64 bits per heavy atom. The van der Waals surface area contributed by atoms with Crippen LogP contribution in [0.4, 0.5) is 4.79 Å². The summed E-state index contributed by atoms with van der Waals surface area (Å²) in [4.78, 5) is 11.0. The Morgan fingerprint density at radius 1 is 1.12 bits per heavy atom. The Hall–Kier alpha value is -1.25. The average molecular weight is 344 g/mol. The average Bonchev–Trinajstić information content (AvgIpc) is 2.91. The van der Waals surface area contributed by atoms with Crippen molar-refractivity contribution in [1.29, 1.82) is 0 Å². The van der Waals surface area contributed by atoms with Crippen molar-refractivity contribution in [2.75, 3.05) is 0 Å². The SMILES string of the molecule is CC(OC(=O)O)=C1CC[C@H]2[C@@H]3CCC4=CCCC[C@]4(C)[C@H]3CC[C@]12C. The molecule has 0 aromatic rings. The molecule has 0 unspecified atom stereocenters. The van der Waals surface area contributed by atoms with Crippen LogP contribution in [0.3, 0.4) is 0 Å². The molecule has 3 saturated carbocycles. The Labute approximate surface area is 151 Å². The molecule has 0 bridgehead atoms. The predicted octanol–water partition coefficient (Wildman–Crippen LogP) is 6.31. The maximum absolute atomic E-state index is 11.0. The van der Waals surface area contributed by atoms with E-state index in [9.17, 15) is 4.79 Å². The van der Waals surface area contributed by atoms with Gasteiger partial charge in [-0.2, -0.15) is 0 Å². The highest BCUT2D eigenvalue weighted by atomic mass is 16.7. The van der Waals surface area contributed by atoms with E-state index >= 15 is 0 Å². The molecule has 3 fully saturated rings. The third-order valence-electron chi connectivity index (χ3n) is 8.48. The van der Waals surface area contributed by atoms with Gasteiger partial charge in [0.25, 0.3) is 0 Å². The van der Waals surface area contributed by atoms with Gasteiger partial charge in [-0.05, 0) is 98.9 Å². The normalized spacial score (nSPS) is 44.9. The molecule has 4 aliphatic carbocycles. The van der Waals surface area contributed by atoms with Gasteiger partial charge in [0.1, 0.15) is 5.76 Å². The standard InChI is InChI=1S/C22H32O3/c1-14(25-20(23)24)17-9-10-18-16-8-7-15-6-4-5-12-21(15,2)19(16)11-13-22(17,18)3/h6,16,18-19H,4-5,7-13H2,1-3H3,(H,23,24)/t16-,18-,19-,21-,22+/m0/s1.